The monoisotopic (exact) mass is 179 g/mol. The Morgan fingerprint density at radius 1 is 1.62 bits per heavy atom. The summed E-state index contributed by atoms with van der Waals surface area (Å²) in [5.74, 6) is 0.542. The van der Waals surface area contributed by atoms with Crippen molar-refractivity contribution >= 4 is 11.7 Å². The first-order valence-electron chi connectivity index (χ1n) is 4.13. The van der Waals surface area contributed by atoms with Crippen molar-refractivity contribution < 1.29 is 4.79 Å². The number of pyridine rings is 1. The summed E-state index contributed by atoms with van der Waals surface area (Å²) in [6, 6.07) is 3.62. The molecule has 70 valence electrons. The molecule has 0 radical (unpaired) electrons. The Labute approximate surface area is 77.2 Å². The highest BCUT2D eigenvalue weighted by Gasteiger charge is 1.99. The summed E-state index contributed by atoms with van der Waals surface area (Å²) in [5, 5.41) is 2.56. The van der Waals surface area contributed by atoms with E-state index < -0.39 is 0 Å². The molecule has 1 aromatic rings. The molecule has 0 saturated heterocycles. The van der Waals surface area contributed by atoms with E-state index in [9.17, 15) is 4.79 Å². The summed E-state index contributed by atoms with van der Waals surface area (Å²) in [7, 11) is 1.63. The first-order valence-corrected chi connectivity index (χ1v) is 4.13. The summed E-state index contributed by atoms with van der Waals surface area (Å²) in [6.45, 7) is 0. The van der Waals surface area contributed by atoms with E-state index in [0.717, 1.165) is 5.56 Å². The molecule has 0 saturated carbocycles. The summed E-state index contributed by atoms with van der Waals surface area (Å²) >= 11 is 0. The molecule has 1 heterocycles. The van der Waals surface area contributed by atoms with Crippen molar-refractivity contribution in [3.8, 4) is 0 Å². The fourth-order valence-electron chi connectivity index (χ4n) is 0.967. The molecule has 3 N–H and O–H groups in total. The normalized spacial score (nSPS) is 9.62. The number of nitrogen functional groups attached to an aromatic ring is 1. The van der Waals surface area contributed by atoms with E-state index in [1.165, 1.54) is 0 Å². The van der Waals surface area contributed by atoms with Crippen molar-refractivity contribution in [2.24, 2.45) is 0 Å². The molecule has 0 fully saturated rings. The molecule has 0 aliphatic carbocycles. The maximum absolute atomic E-state index is 10.9. The van der Waals surface area contributed by atoms with Gasteiger partial charge in [-0.3, -0.25) is 4.79 Å². The van der Waals surface area contributed by atoms with E-state index >= 15 is 0 Å². The third-order valence-corrected chi connectivity index (χ3v) is 1.77. The summed E-state index contributed by atoms with van der Waals surface area (Å²) in [4.78, 5) is 14.8. The van der Waals surface area contributed by atoms with Gasteiger partial charge >= 0.3 is 0 Å². The zero-order valence-corrected chi connectivity index (χ0v) is 7.58. The van der Waals surface area contributed by atoms with Crippen LogP contribution in [0, 0.1) is 0 Å². The molecule has 1 amide bonds. The van der Waals surface area contributed by atoms with Gasteiger partial charge < -0.3 is 11.1 Å². The highest BCUT2D eigenvalue weighted by atomic mass is 16.1. The Bertz CT molecular complexity index is 281. The van der Waals surface area contributed by atoms with Gasteiger partial charge in [-0.2, -0.15) is 0 Å². The fraction of sp³-hybridized carbons (Fsp3) is 0.333. The Kier molecular flexibility index (Phi) is 3.25. The smallest absolute Gasteiger partial charge is 0.220 e. The van der Waals surface area contributed by atoms with Crippen LogP contribution in [0.3, 0.4) is 0 Å². The maximum atomic E-state index is 10.9. The van der Waals surface area contributed by atoms with E-state index in [2.05, 4.69) is 10.3 Å². The quantitative estimate of drug-likeness (QED) is 0.703. The number of rotatable bonds is 3. The predicted octanol–water partition coefficient (Wildman–Crippen LogP) is 0.342. The molecule has 0 unspecified atom stereocenters. The number of nitrogens with one attached hydrogen (secondary N) is 1. The second-order valence-corrected chi connectivity index (χ2v) is 2.76. The lowest BCUT2D eigenvalue weighted by molar-refractivity contribution is -0.120. The lowest BCUT2D eigenvalue weighted by Crippen LogP contribution is -2.17. The molecular weight excluding hydrogens is 166 g/mol. The molecule has 1 aromatic heterocycles. The van der Waals surface area contributed by atoms with Gasteiger partial charge in [-0.1, -0.05) is 6.07 Å². The standard InChI is InChI=1S/C9H13N3O/c1-11-9(13)5-3-7-2-4-8(10)12-6-7/h2,4,6H,3,5H2,1H3,(H2,10,12)(H,11,13). The molecular formula is C9H13N3O. The van der Waals surface area contributed by atoms with Crippen LogP contribution in [0.2, 0.25) is 0 Å². The summed E-state index contributed by atoms with van der Waals surface area (Å²) in [6.07, 6.45) is 2.88. The average Bonchev–Trinajstić information content (AvgIpc) is 2.16. The second-order valence-electron chi connectivity index (χ2n) is 2.76. The zero-order chi connectivity index (χ0) is 9.68. The molecule has 13 heavy (non-hydrogen) atoms. The van der Waals surface area contributed by atoms with Crippen LogP contribution >= 0.6 is 0 Å². The largest absolute Gasteiger partial charge is 0.384 e. The number of anilines is 1. The summed E-state index contributed by atoms with van der Waals surface area (Å²) in [5.41, 5.74) is 6.44. The molecule has 0 aromatic carbocycles. The van der Waals surface area contributed by atoms with Crippen molar-refractivity contribution in [3.63, 3.8) is 0 Å². The number of hydrogen-bond donors (Lipinski definition) is 2. The van der Waals surface area contributed by atoms with Gasteiger partial charge in [-0.25, -0.2) is 4.98 Å². The van der Waals surface area contributed by atoms with Gasteiger partial charge in [0.05, 0.1) is 0 Å². The lowest BCUT2D eigenvalue weighted by atomic mass is 10.1. The number of hydrogen-bond acceptors (Lipinski definition) is 3. The zero-order valence-electron chi connectivity index (χ0n) is 7.58. The molecule has 1 rings (SSSR count). The van der Waals surface area contributed by atoms with Gasteiger partial charge in [0.2, 0.25) is 5.91 Å². The van der Waals surface area contributed by atoms with Crippen LogP contribution in [0.25, 0.3) is 0 Å². The van der Waals surface area contributed by atoms with Crippen molar-refractivity contribution in [2.45, 2.75) is 12.8 Å². The average molecular weight is 179 g/mol. The van der Waals surface area contributed by atoms with Crippen molar-refractivity contribution in [1.29, 1.82) is 0 Å². The first-order chi connectivity index (χ1) is 6.22. The van der Waals surface area contributed by atoms with Crippen molar-refractivity contribution in [2.75, 3.05) is 12.8 Å². The number of aromatic nitrogens is 1. The van der Waals surface area contributed by atoms with Crippen LogP contribution in [0.15, 0.2) is 18.3 Å². The number of nitrogens with two attached hydrogens (primary N) is 1. The number of aryl methyl sites for hydroxylation is 1. The van der Waals surface area contributed by atoms with E-state index in [1.807, 2.05) is 6.07 Å². The lowest BCUT2D eigenvalue weighted by Gasteiger charge is -2.00. The van der Waals surface area contributed by atoms with Gasteiger partial charge in [0, 0.05) is 19.7 Å². The third-order valence-electron chi connectivity index (χ3n) is 1.77. The number of carbonyl (C=O) groups excluding carboxylic acids is 1. The van der Waals surface area contributed by atoms with Crippen molar-refractivity contribution in [1.82, 2.24) is 10.3 Å². The van der Waals surface area contributed by atoms with Crippen LogP contribution in [-0.4, -0.2) is 17.9 Å². The second kappa shape index (κ2) is 4.45. The van der Waals surface area contributed by atoms with Gasteiger partial charge in [0.25, 0.3) is 0 Å². The molecule has 4 nitrogen and oxygen atoms in total. The van der Waals surface area contributed by atoms with Crippen LogP contribution in [-0.2, 0) is 11.2 Å². The molecule has 4 heteroatoms. The van der Waals surface area contributed by atoms with Crippen LogP contribution < -0.4 is 11.1 Å². The van der Waals surface area contributed by atoms with Crippen LogP contribution in [0.5, 0.6) is 0 Å². The highest BCUT2D eigenvalue weighted by molar-refractivity contribution is 5.75. The fourth-order valence-corrected chi connectivity index (χ4v) is 0.967. The van der Waals surface area contributed by atoms with Crippen LogP contribution in [0.1, 0.15) is 12.0 Å². The minimum absolute atomic E-state index is 0.0387. The topological polar surface area (TPSA) is 68.0 Å². The van der Waals surface area contributed by atoms with Crippen molar-refractivity contribution in [3.05, 3.63) is 23.9 Å². The van der Waals surface area contributed by atoms with Gasteiger partial charge in [0.1, 0.15) is 5.82 Å². The molecule has 0 spiro atoms. The Balaban J connectivity index is 2.46. The van der Waals surface area contributed by atoms with Gasteiger partial charge in [-0.15, -0.1) is 0 Å². The Morgan fingerprint density at radius 3 is 2.92 bits per heavy atom. The van der Waals surface area contributed by atoms with E-state index in [1.54, 1.807) is 19.3 Å². The molecule has 0 atom stereocenters. The SMILES string of the molecule is CNC(=O)CCc1ccc(N)nc1. The number of nitrogens with zero attached hydrogens (tertiary/aromatic N) is 1. The van der Waals surface area contributed by atoms with E-state index in [4.69, 9.17) is 5.73 Å². The highest BCUT2D eigenvalue weighted by Crippen LogP contribution is 2.03. The summed E-state index contributed by atoms with van der Waals surface area (Å²) < 4.78 is 0. The van der Waals surface area contributed by atoms with E-state index in [-0.39, 0.29) is 5.91 Å². The minimum Gasteiger partial charge on any atom is -0.384 e. The van der Waals surface area contributed by atoms with E-state index in [0.29, 0.717) is 18.7 Å². The van der Waals surface area contributed by atoms with Crippen LogP contribution in [0.4, 0.5) is 5.82 Å². The Morgan fingerprint density at radius 2 is 2.38 bits per heavy atom. The minimum atomic E-state index is 0.0387. The number of amides is 1. The van der Waals surface area contributed by atoms with Gasteiger partial charge in [0.15, 0.2) is 0 Å². The maximum Gasteiger partial charge on any atom is 0.220 e. The molecule has 0 aliphatic rings. The Hall–Kier alpha value is -1.58. The van der Waals surface area contributed by atoms with Gasteiger partial charge in [-0.05, 0) is 18.1 Å². The molecule has 0 bridgehead atoms. The molecule has 0 aliphatic heterocycles. The number of carbonyl (C=O) groups is 1. The predicted molar refractivity (Wildman–Crippen MR) is 51.0 cm³/mol. The first kappa shape index (κ1) is 9.51. The third kappa shape index (κ3) is 3.11.